The van der Waals surface area contributed by atoms with Crippen LogP contribution < -0.4 is 10.2 Å². The van der Waals surface area contributed by atoms with E-state index in [1.165, 1.54) is 19.5 Å². The number of aromatic nitrogens is 1. The van der Waals surface area contributed by atoms with E-state index >= 15 is 0 Å². The van der Waals surface area contributed by atoms with Gasteiger partial charge in [-0.25, -0.2) is 4.98 Å². The second-order valence-electron chi connectivity index (χ2n) is 7.18. The van der Waals surface area contributed by atoms with Crippen LogP contribution in [0.4, 0.5) is 5.88 Å². The Morgan fingerprint density at radius 3 is 2.96 bits per heavy atom. The zero-order valence-corrected chi connectivity index (χ0v) is 15.0. The van der Waals surface area contributed by atoms with Crippen LogP contribution in [0.2, 0.25) is 0 Å². The van der Waals surface area contributed by atoms with Gasteiger partial charge < -0.3 is 19.5 Å². The van der Waals surface area contributed by atoms with E-state index in [2.05, 4.69) is 33.9 Å². The minimum atomic E-state index is -0.0833. The summed E-state index contributed by atoms with van der Waals surface area (Å²) in [5.74, 6) is 1.48. The van der Waals surface area contributed by atoms with Gasteiger partial charge in [0.15, 0.2) is 11.5 Å². The van der Waals surface area contributed by atoms with Gasteiger partial charge in [-0.3, -0.25) is 4.79 Å². The number of fused-ring (bicyclic) bond motifs is 3. The predicted octanol–water partition coefficient (Wildman–Crippen LogP) is 2.50. The Balaban J connectivity index is 1.49. The van der Waals surface area contributed by atoms with Crippen LogP contribution in [0.1, 0.15) is 37.2 Å². The summed E-state index contributed by atoms with van der Waals surface area (Å²) in [6, 6.07) is 4.06. The van der Waals surface area contributed by atoms with Gasteiger partial charge >= 0.3 is 0 Å². The lowest BCUT2D eigenvalue weighted by atomic mass is 9.97. The van der Waals surface area contributed by atoms with Gasteiger partial charge in [0.25, 0.3) is 5.91 Å². The van der Waals surface area contributed by atoms with E-state index in [9.17, 15) is 4.79 Å². The number of hydrogen-bond donors (Lipinski definition) is 1. The first-order chi connectivity index (χ1) is 12.2. The Morgan fingerprint density at radius 1 is 1.36 bits per heavy atom. The number of anilines is 1. The Labute approximate surface area is 148 Å². The zero-order chi connectivity index (χ0) is 17.4. The van der Waals surface area contributed by atoms with Crippen LogP contribution in [0.25, 0.3) is 11.0 Å². The molecule has 2 aliphatic rings. The quantitative estimate of drug-likeness (QED) is 0.905. The largest absolute Gasteiger partial charge is 0.439 e. The minimum Gasteiger partial charge on any atom is -0.439 e. The number of carbonyl (C=O) groups excluding carboxylic acids is 1. The molecule has 6 heteroatoms. The molecular weight excluding hydrogens is 316 g/mol. The van der Waals surface area contributed by atoms with Crippen molar-refractivity contribution in [2.45, 2.75) is 32.7 Å². The number of amides is 1. The van der Waals surface area contributed by atoms with Crippen molar-refractivity contribution in [2.24, 2.45) is 5.92 Å². The standard InChI is InChI=1S/C19H26N4O2/c1-3-23(4-2)18-9-14-8-16(20-10-17(14)25-18)19(24)21-15-7-13-5-6-22(11-13)12-15/h8-10,13,15H,3-7,11-12H2,1-2H3,(H,21,24)/t13-,15+/m0/s1. The molecule has 2 saturated heterocycles. The van der Waals surface area contributed by atoms with Crippen LogP contribution in [0.15, 0.2) is 22.7 Å². The number of carbonyl (C=O) groups is 1. The average Bonchev–Trinajstić information content (AvgIpc) is 3.18. The molecule has 0 aliphatic carbocycles. The molecule has 25 heavy (non-hydrogen) atoms. The molecule has 0 spiro atoms. The fourth-order valence-electron chi connectivity index (χ4n) is 4.17. The van der Waals surface area contributed by atoms with Crippen molar-refractivity contribution in [1.29, 1.82) is 0 Å². The van der Waals surface area contributed by atoms with E-state index in [0.29, 0.717) is 5.69 Å². The third-order valence-electron chi connectivity index (χ3n) is 5.50. The van der Waals surface area contributed by atoms with Crippen molar-refractivity contribution in [3.63, 3.8) is 0 Å². The summed E-state index contributed by atoms with van der Waals surface area (Å²) in [5, 5.41) is 4.09. The summed E-state index contributed by atoms with van der Waals surface area (Å²) in [6.45, 7) is 9.29. The molecule has 4 rings (SSSR count). The minimum absolute atomic E-state index is 0.0833. The highest BCUT2D eigenvalue weighted by Crippen LogP contribution is 2.28. The van der Waals surface area contributed by atoms with Crippen LogP contribution in [-0.2, 0) is 0 Å². The maximum absolute atomic E-state index is 12.6. The predicted molar refractivity (Wildman–Crippen MR) is 98.0 cm³/mol. The third kappa shape index (κ3) is 3.23. The summed E-state index contributed by atoms with van der Waals surface area (Å²) >= 11 is 0. The topological polar surface area (TPSA) is 61.6 Å². The van der Waals surface area contributed by atoms with E-state index in [-0.39, 0.29) is 11.9 Å². The molecule has 0 saturated carbocycles. The molecule has 1 unspecified atom stereocenters. The van der Waals surface area contributed by atoms with Crippen LogP contribution in [0.3, 0.4) is 0 Å². The molecule has 4 heterocycles. The molecule has 1 amide bonds. The maximum Gasteiger partial charge on any atom is 0.270 e. The molecule has 134 valence electrons. The van der Waals surface area contributed by atoms with Gasteiger partial charge in [-0.05, 0) is 45.2 Å². The van der Waals surface area contributed by atoms with Crippen LogP contribution >= 0.6 is 0 Å². The third-order valence-corrected chi connectivity index (χ3v) is 5.50. The van der Waals surface area contributed by atoms with Crippen molar-refractivity contribution < 1.29 is 9.21 Å². The van der Waals surface area contributed by atoms with Crippen molar-refractivity contribution in [2.75, 3.05) is 37.6 Å². The van der Waals surface area contributed by atoms with Crippen molar-refractivity contribution in [3.8, 4) is 0 Å². The number of pyridine rings is 1. The van der Waals surface area contributed by atoms with Crippen molar-refractivity contribution >= 4 is 22.8 Å². The Kier molecular flexibility index (Phi) is 4.37. The van der Waals surface area contributed by atoms with Gasteiger partial charge in [0.2, 0.25) is 0 Å². The lowest BCUT2D eigenvalue weighted by Gasteiger charge is -2.30. The number of rotatable bonds is 5. The van der Waals surface area contributed by atoms with Gasteiger partial charge in [0, 0.05) is 43.7 Å². The molecule has 2 aromatic heterocycles. The molecule has 0 aromatic carbocycles. The first-order valence-electron chi connectivity index (χ1n) is 9.34. The van der Waals surface area contributed by atoms with Crippen molar-refractivity contribution in [1.82, 2.24) is 15.2 Å². The van der Waals surface area contributed by atoms with Gasteiger partial charge in [0.05, 0.1) is 6.20 Å². The van der Waals surface area contributed by atoms with E-state index in [4.69, 9.17) is 4.42 Å². The molecule has 6 nitrogen and oxygen atoms in total. The molecular formula is C19H26N4O2. The first kappa shape index (κ1) is 16.4. The summed E-state index contributed by atoms with van der Waals surface area (Å²) in [5.41, 5.74) is 1.19. The Bertz CT molecular complexity index is 756. The van der Waals surface area contributed by atoms with Crippen LogP contribution in [0, 0.1) is 5.92 Å². The van der Waals surface area contributed by atoms with Crippen molar-refractivity contribution in [3.05, 3.63) is 24.0 Å². The summed E-state index contributed by atoms with van der Waals surface area (Å²) < 4.78 is 5.86. The number of furan rings is 1. The number of hydrogen-bond acceptors (Lipinski definition) is 5. The molecule has 2 bridgehead atoms. The van der Waals surface area contributed by atoms with E-state index < -0.39 is 0 Å². The molecule has 1 N–H and O–H groups in total. The molecule has 0 radical (unpaired) electrons. The van der Waals surface area contributed by atoms with Crippen LogP contribution in [-0.4, -0.2) is 54.6 Å². The SMILES string of the molecule is CCN(CC)c1cc2cc(C(=O)N[C@@H]3C[C@@H]4CCN(C4)C3)ncc2o1. The maximum atomic E-state index is 12.6. The smallest absolute Gasteiger partial charge is 0.270 e. The van der Waals surface area contributed by atoms with Gasteiger partial charge in [-0.15, -0.1) is 0 Å². The summed E-state index contributed by atoms with van der Waals surface area (Å²) in [7, 11) is 0. The average molecular weight is 342 g/mol. The Hall–Kier alpha value is -2.08. The van der Waals surface area contributed by atoms with E-state index in [1.807, 2.05) is 12.1 Å². The molecule has 2 aliphatic heterocycles. The van der Waals surface area contributed by atoms with E-state index in [1.54, 1.807) is 6.20 Å². The van der Waals surface area contributed by atoms with E-state index in [0.717, 1.165) is 48.8 Å². The highest BCUT2D eigenvalue weighted by atomic mass is 16.4. The van der Waals surface area contributed by atoms with Gasteiger partial charge in [-0.2, -0.15) is 0 Å². The van der Waals surface area contributed by atoms with Gasteiger partial charge in [-0.1, -0.05) is 0 Å². The Morgan fingerprint density at radius 2 is 2.20 bits per heavy atom. The van der Waals surface area contributed by atoms with Gasteiger partial charge in [0.1, 0.15) is 5.69 Å². The molecule has 2 fully saturated rings. The number of nitrogens with zero attached hydrogens (tertiary/aromatic N) is 3. The zero-order valence-electron chi connectivity index (χ0n) is 15.0. The summed E-state index contributed by atoms with van der Waals surface area (Å²) in [6.07, 6.45) is 4.01. The fourth-order valence-corrected chi connectivity index (χ4v) is 4.17. The highest BCUT2D eigenvalue weighted by Gasteiger charge is 2.33. The highest BCUT2D eigenvalue weighted by molar-refractivity contribution is 5.96. The number of piperidine rings is 1. The fraction of sp³-hybridized carbons (Fsp3) is 0.579. The second-order valence-corrected chi connectivity index (χ2v) is 7.18. The first-order valence-corrected chi connectivity index (χ1v) is 9.34. The normalized spacial score (nSPS) is 25.3. The monoisotopic (exact) mass is 342 g/mol. The van der Waals surface area contributed by atoms with Crippen LogP contribution in [0.5, 0.6) is 0 Å². The lowest BCUT2D eigenvalue weighted by molar-refractivity contribution is 0.0904. The molecule has 2 aromatic rings. The second kappa shape index (κ2) is 6.67. The molecule has 3 atom stereocenters. The lowest BCUT2D eigenvalue weighted by Crippen LogP contribution is -2.47. The summed E-state index contributed by atoms with van der Waals surface area (Å²) in [4.78, 5) is 21.5. The number of nitrogens with one attached hydrogen (secondary N) is 1.